The number of aromatic nitrogens is 1. The third-order valence-electron chi connectivity index (χ3n) is 4.21. The second-order valence-electron chi connectivity index (χ2n) is 6.03. The number of carbonyl (C=O) groups is 3. The molecule has 1 aromatic heterocycles. The normalized spacial score (nSPS) is 14.3. The zero-order valence-corrected chi connectivity index (χ0v) is 16.0. The molecule has 146 valence electrons. The van der Waals surface area contributed by atoms with E-state index in [1.807, 2.05) is 0 Å². The minimum absolute atomic E-state index is 0.0245. The van der Waals surface area contributed by atoms with Gasteiger partial charge in [0.05, 0.1) is 12.1 Å². The van der Waals surface area contributed by atoms with Crippen molar-refractivity contribution >= 4 is 29.3 Å². The first-order chi connectivity index (χ1) is 13.0. The molecule has 0 atom stereocenters. The average Bonchev–Trinajstić information content (AvgIpc) is 3.19. The van der Waals surface area contributed by atoms with E-state index in [4.69, 9.17) is 11.2 Å². The third kappa shape index (κ3) is 6.25. The molecule has 1 N–H and O–H groups in total. The van der Waals surface area contributed by atoms with E-state index in [2.05, 4.69) is 21.0 Å². The van der Waals surface area contributed by atoms with Crippen LogP contribution in [0.1, 0.15) is 47.1 Å². The molecule has 1 aliphatic rings. The Bertz CT molecular complexity index is 704. The summed E-state index contributed by atoms with van der Waals surface area (Å²) in [6.07, 6.45) is 7.00. The highest BCUT2D eigenvalue weighted by Gasteiger charge is 2.27. The first-order valence-corrected chi connectivity index (χ1v) is 9.58. The number of thiazole rings is 1. The number of amides is 2. The van der Waals surface area contributed by atoms with Crippen LogP contribution in [0.4, 0.5) is 4.79 Å². The molecule has 0 bridgehead atoms. The van der Waals surface area contributed by atoms with Gasteiger partial charge < -0.3 is 19.7 Å². The van der Waals surface area contributed by atoms with Crippen LogP contribution in [0.2, 0.25) is 0 Å². The number of carbonyl (C=O) groups excluding carboxylic acids is 3. The number of nitrogens with one attached hydrogen (secondary N) is 1. The molecule has 0 radical (unpaired) electrons. The van der Waals surface area contributed by atoms with Crippen LogP contribution in [0.15, 0.2) is 5.38 Å². The number of methoxy groups -OCH3 is 1. The molecule has 1 aliphatic heterocycles. The number of ether oxygens (including phenoxy) is 2. The van der Waals surface area contributed by atoms with Crippen LogP contribution in [0, 0.1) is 12.3 Å². The Balaban J connectivity index is 1.77. The van der Waals surface area contributed by atoms with E-state index < -0.39 is 6.09 Å². The highest BCUT2D eigenvalue weighted by Crippen LogP contribution is 2.30. The molecule has 1 saturated heterocycles. The molecule has 0 saturated carbocycles. The maximum Gasteiger partial charge on any atom is 0.410 e. The van der Waals surface area contributed by atoms with Crippen LogP contribution in [-0.2, 0) is 14.3 Å². The van der Waals surface area contributed by atoms with E-state index in [9.17, 15) is 14.4 Å². The summed E-state index contributed by atoms with van der Waals surface area (Å²) in [5.41, 5.74) is 0.379. The van der Waals surface area contributed by atoms with Crippen molar-refractivity contribution in [1.29, 1.82) is 0 Å². The third-order valence-corrected chi connectivity index (χ3v) is 5.21. The largest absolute Gasteiger partial charge is 0.469 e. The minimum atomic E-state index is -0.391. The molecule has 2 rings (SSSR count). The number of hydrogen-bond acceptors (Lipinski definition) is 7. The number of terminal acetylenes is 1. The summed E-state index contributed by atoms with van der Waals surface area (Å²) in [6.45, 7) is 1.51. The summed E-state index contributed by atoms with van der Waals surface area (Å²) in [5, 5.41) is 5.38. The maximum absolute atomic E-state index is 12.1. The van der Waals surface area contributed by atoms with Crippen LogP contribution >= 0.6 is 11.3 Å². The summed E-state index contributed by atoms with van der Waals surface area (Å²) in [4.78, 5) is 41.0. The highest BCUT2D eigenvalue weighted by atomic mass is 32.1. The molecule has 0 aromatic carbocycles. The van der Waals surface area contributed by atoms with E-state index in [1.165, 1.54) is 18.4 Å². The van der Waals surface area contributed by atoms with Gasteiger partial charge in [-0.2, -0.15) is 0 Å². The van der Waals surface area contributed by atoms with Crippen molar-refractivity contribution in [3.8, 4) is 12.3 Å². The van der Waals surface area contributed by atoms with E-state index in [-0.39, 0.29) is 30.8 Å². The number of esters is 1. The van der Waals surface area contributed by atoms with Crippen LogP contribution in [-0.4, -0.2) is 61.2 Å². The van der Waals surface area contributed by atoms with E-state index in [0.717, 1.165) is 17.8 Å². The molecular weight excluding hydrogens is 370 g/mol. The van der Waals surface area contributed by atoms with Gasteiger partial charge in [-0.1, -0.05) is 5.92 Å². The van der Waals surface area contributed by atoms with Gasteiger partial charge in [0.25, 0.3) is 5.91 Å². The quantitative estimate of drug-likeness (QED) is 0.431. The predicted molar refractivity (Wildman–Crippen MR) is 99.4 cm³/mol. The zero-order chi connectivity index (χ0) is 19.6. The van der Waals surface area contributed by atoms with Crippen molar-refractivity contribution in [2.45, 2.75) is 31.6 Å². The van der Waals surface area contributed by atoms with Crippen LogP contribution < -0.4 is 5.32 Å². The van der Waals surface area contributed by atoms with Crippen LogP contribution in [0.3, 0.4) is 0 Å². The molecule has 2 amide bonds. The lowest BCUT2D eigenvalue weighted by atomic mass is 9.98. The Morgan fingerprint density at radius 2 is 2.15 bits per heavy atom. The number of nitrogens with zero attached hydrogens (tertiary/aromatic N) is 2. The number of likely N-dealkylation sites (tertiary alicyclic amines) is 1. The molecule has 9 heteroatoms. The molecule has 27 heavy (non-hydrogen) atoms. The van der Waals surface area contributed by atoms with Crippen LogP contribution in [0.25, 0.3) is 0 Å². The monoisotopic (exact) mass is 393 g/mol. The Hall–Kier alpha value is -2.60. The highest BCUT2D eigenvalue weighted by molar-refractivity contribution is 7.09. The molecule has 0 unspecified atom stereocenters. The lowest BCUT2D eigenvalue weighted by Crippen LogP contribution is -2.38. The maximum atomic E-state index is 12.1. The molecule has 2 heterocycles. The number of hydrogen-bond donors (Lipinski definition) is 1. The van der Waals surface area contributed by atoms with Crippen LogP contribution in [0.5, 0.6) is 0 Å². The van der Waals surface area contributed by atoms with Crippen molar-refractivity contribution in [3.63, 3.8) is 0 Å². The Morgan fingerprint density at radius 1 is 1.41 bits per heavy atom. The van der Waals surface area contributed by atoms with E-state index in [0.29, 0.717) is 31.7 Å². The topological polar surface area (TPSA) is 97.8 Å². The lowest BCUT2D eigenvalue weighted by Gasteiger charge is -2.30. The fourth-order valence-corrected chi connectivity index (χ4v) is 3.68. The smallest absolute Gasteiger partial charge is 0.410 e. The van der Waals surface area contributed by atoms with E-state index >= 15 is 0 Å². The lowest BCUT2D eigenvalue weighted by molar-refractivity contribution is -0.140. The summed E-state index contributed by atoms with van der Waals surface area (Å²) < 4.78 is 9.48. The average molecular weight is 393 g/mol. The SMILES string of the molecule is C#CCOC(=O)N1CCC(c2nc(C(=O)NCCCC(=O)OC)cs2)CC1. The number of rotatable bonds is 7. The molecule has 0 aliphatic carbocycles. The second-order valence-corrected chi connectivity index (χ2v) is 6.92. The first-order valence-electron chi connectivity index (χ1n) is 8.70. The summed E-state index contributed by atoms with van der Waals surface area (Å²) in [5.74, 6) is 1.94. The van der Waals surface area contributed by atoms with Crippen molar-refractivity contribution in [1.82, 2.24) is 15.2 Å². The fourth-order valence-electron chi connectivity index (χ4n) is 2.71. The van der Waals surface area contributed by atoms with Gasteiger partial charge in [0, 0.05) is 37.4 Å². The van der Waals surface area contributed by atoms with Crippen molar-refractivity contribution < 1.29 is 23.9 Å². The first kappa shape index (κ1) is 20.7. The fraction of sp³-hybridized carbons (Fsp3) is 0.556. The van der Waals surface area contributed by atoms with Gasteiger partial charge in [-0.05, 0) is 19.3 Å². The summed E-state index contributed by atoms with van der Waals surface area (Å²) in [6, 6.07) is 0. The standard InChI is InChI=1S/C18H23N3O5S/c1-3-11-26-18(24)21-9-6-13(7-10-21)17-20-14(12-27-17)16(23)19-8-4-5-15(22)25-2/h1,12-13H,4-11H2,2H3,(H,19,23). The minimum Gasteiger partial charge on any atom is -0.469 e. The molecule has 1 aromatic rings. The summed E-state index contributed by atoms with van der Waals surface area (Å²) >= 11 is 1.45. The Kier molecular flexibility index (Phi) is 8.07. The molecule has 8 nitrogen and oxygen atoms in total. The molecule has 0 spiro atoms. The number of piperidine rings is 1. The van der Waals surface area contributed by atoms with Gasteiger partial charge in [0.15, 0.2) is 6.61 Å². The summed E-state index contributed by atoms with van der Waals surface area (Å²) in [7, 11) is 1.34. The van der Waals surface area contributed by atoms with Gasteiger partial charge in [0.2, 0.25) is 0 Å². The molecular formula is C18H23N3O5S. The van der Waals surface area contributed by atoms with Gasteiger partial charge in [-0.25, -0.2) is 9.78 Å². The zero-order valence-electron chi connectivity index (χ0n) is 15.2. The second kappa shape index (κ2) is 10.5. The Morgan fingerprint density at radius 3 is 2.81 bits per heavy atom. The van der Waals surface area contributed by atoms with Gasteiger partial charge in [-0.15, -0.1) is 17.8 Å². The van der Waals surface area contributed by atoms with Crippen molar-refractivity contribution in [2.24, 2.45) is 0 Å². The Labute approximate surface area is 162 Å². The van der Waals surface area contributed by atoms with Gasteiger partial charge in [0.1, 0.15) is 5.69 Å². The predicted octanol–water partition coefficient (Wildman–Crippen LogP) is 1.78. The van der Waals surface area contributed by atoms with Crippen molar-refractivity contribution in [2.75, 3.05) is 33.4 Å². The van der Waals surface area contributed by atoms with E-state index in [1.54, 1.807) is 10.3 Å². The van der Waals surface area contributed by atoms with Crippen molar-refractivity contribution in [3.05, 3.63) is 16.1 Å². The van der Waals surface area contributed by atoms with Gasteiger partial charge in [-0.3, -0.25) is 9.59 Å². The molecule has 1 fully saturated rings. The van der Waals surface area contributed by atoms with Gasteiger partial charge >= 0.3 is 12.1 Å².